The number of nitrogens with zero attached hydrogens (tertiary/aromatic N) is 3. The van der Waals surface area contributed by atoms with Crippen LogP contribution in [0, 0.1) is 11.7 Å². The molecule has 2 aromatic heterocycles. The van der Waals surface area contributed by atoms with Gasteiger partial charge in [-0.15, -0.1) is 0 Å². The van der Waals surface area contributed by atoms with Crippen LogP contribution in [0.4, 0.5) is 14.9 Å². The molecule has 1 spiro atoms. The SMILES string of the molecule is COc1ccc(N2CC3(CCC(CCn4c(=O)ccc5ncc(F)cc54)CC3)OC2=O)cc1OC. The summed E-state index contributed by atoms with van der Waals surface area (Å²) in [7, 11) is 3.13. The molecule has 0 atom stereocenters. The number of pyridine rings is 2. The van der Waals surface area contributed by atoms with Gasteiger partial charge < -0.3 is 18.8 Å². The number of hydrogen-bond donors (Lipinski definition) is 0. The molecule has 1 aromatic carbocycles. The summed E-state index contributed by atoms with van der Waals surface area (Å²) in [6, 6.07) is 9.85. The first-order valence-electron chi connectivity index (χ1n) is 11.8. The second-order valence-electron chi connectivity index (χ2n) is 9.29. The second-order valence-corrected chi connectivity index (χ2v) is 9.29. The van der Waals surface area contributed by atoms with Crippen LogP contribution in [-0.4, -0.2) is 42.0 Å². The Morgan fingerprint density at radius 3 is 2.60 bits per heavy atom. The van der Waals surface area contributed by atoms with Crippen LogP contribution in [0.3, 0.4) is 0 Å². The average Bonchev–Trinajstić information content (AvgIpc) is 3.19. The highest BCUT2D eigenvalue weighted by molar-refractivity contribution is 5.90. The van der Waals surface area contributed by atoms with E-state index in [0.717, 1.165) is 38.3 Å². The molecule has 184 valence electrons. The van der Waals surface area contributed by atoms with E-state index in [-0.39, 0.29) is 11.7 Å². The lowest BCUT2D eigenvalue weighted by molar-refractivity contribution is 0.0118. The zero-order chi connectivity index (χ0) is 24.6. The van der Waals surface area contributed by atoms with E-state index in [4.69, 9.17) is 14.2 Å². The molecule has 1 amide bonds. The molecule has 0 N–H and O–H groups in total. The van der Waals surface area contributed by atoms with E-state index in [2.05, 4.69) is 4.98 Å². The van der Waals surface area contributed by atoms with E-state index in [1.165, 1.54) is 12.1 Å². The van der Waals surface area contributed by atoms with E-state index < -0.39 is 11.4 Å². The van der Waals surface area contributed by atoms with Crippen LogP contribution in [-0.2, 0) is 11.3 Å². The number of carbonyl (C=O) groups is 1. The predicted octanol–water partition coefficient (Wildman–Crippen LogP) is 4.53. The minimum atomic E-state index is -0.510. The first-order chi connectivity index (χ1) is 16.9. The summed E-state index contributed by atoms with van der Waals surface area (Å²) in [5.74, 6) is 1.08. The summed E-state index contributed by atoms with van der Waals surface area (Å²) >= 11 is 0. The number of rotatable bonds is 6. The quantitative estimate of drug-likeness (QED) is 0.515. The van der Waals surface area contributed by atoms with Gasteiger partial charge in [0.1, 0.15) is 11.4 Å². The number of halogens is 1. The molecule has 0 bridgehead atoms. The Balaban J connectivity index is 1.24. The number of amides is 1. The number of carbonyl (C=O) groups excluding carboxylic acids is 1. The Morgan fingerprint density at radius 1 is 1.09 bits per heavy atom. The van der Waals surface area contributed by atoms with E-state index >= 15 is 0 Å². The second kappa shape index (κ2) is 9.20. The molecule has 2 aliphatic rings. The van der Waals surface area contributed by atoms with Crippen LogP contribution in [0.1, 0.15) is 32.1 Å². The van der Waals surface area contributed by atoms with Gasteiger partial charge >= 0.3 is 6.09 Å². The van der Waals surface area contributed by atoms with Crippen molar-refractivity contribution in [3.63, 3.8) is 0 Å². The Hall–Kier alpha value is -3.62. The highest BCUT2D eigenvalue weighted by Gasteiger charge is 2.47. The summed E-state index contributed by atoms with van der Waals surface area (Å²) in [5.41, 5.74) is 1.15. The number of methoxy groups -OCH3 is 2. The van der Waals surface area contributed by atoms with Crippen molar-refractivity contribution in [2.24, 2.45) is 5.92 Å². The van der Waals surface area contributed by atoms with Gasteiger partial charge in [0.2, 0.25) is 0 Å². The largest absolute Gasteiger partial charge is 0.493 e. The van der Waals surface area contributed by atoms with Gasteiger partial charge in [-0.05, 0) is 56.2 Å². The Morgan fingerprint density at radius 2 is 1.86 bits per heavy atom. The van der Waals surface area contributed by atoms with Gasteiger partial charge in [0.15, 0.2) is 11.5 Å². The fourth-order valence-electron chi connectivity index (χ4n) is 5.25. The topological polar surface area (TPSA) is 82.9 Å². The molecule has 5 rings (SSSR count). The zero-order valence-corrected chi connectivity index (χ0v) is 19.8. The average molecular weight is 482 g/mol. The molecular weight excluding hydrogens is 453 g/mol. The van der Waals surface area contributed by atoms with Crippen molar-refractivity contribution in [3.05, 3.63) is 58.8 Å². The van der Waals surface area contributed by atoms with Crippen LogP contribution in [0.2, 0.25) is 0 Å². The van der Waals surface area contributed by atoms with Gasteiger partial charge in [0.25, 0.3) is 5.56 Å². The van der Waals surface area contributed by atoms with Crippen molar-refractivity contribution in [2.45, 2.75) is 44.2 Å². The van der Waals surface area contributed by atoms with Crippen molar-refractivity contribution in [1.82, 2.24) is 9.55 Å². The third-order valence-corrected chi connectivity index (χ3v) is 7.23. The summed E-state index contributed by atoms with van der Waals surface area (Å²) in [4.78, 5) is 30.9. The van der Waals surface area contributed by atoms with Gasteiger partial charge in [-0.2, -0.15) is 0 Å². The van der Waals surface area contributed by atoms with Crippen LogP contribution >= 0.6 is 0 Å². The number of fused-ring (bicyclic) bond motifs is 1. The predicted molar refractivity (Wildman–Crippen MR) is 129 cm³/mol. The normalized spacial score (nSPS) is 22.0. The molecule has 35 heavy (non-hydrogen) atoms. The molecular formula is C26H28FN3O5. The highest BCUT2D eigenvalue weighted by atomic mass is 19.1. The fourth-order valence-corrected chi connectivity index (χ4v) is 5.25. The summed E-state index contributed by atoms with van der Waals surface area (Å²) in [5, 5.41) is 0. The molecule has 3 heterocycles. The minimum Gasteiger partial charge on any atom is -0.493 e. The van der Waals surface area contributed by atoms with E-state index in [1.54, 1.807) is 41.9 Å². The van der Waals surface area contributed by atoms with Gasteiger partial charge in [0.05, 0.1) is 43.7 Å². The monoisotopic (exact) mass is 481 g/mol. The molecule has 1 saturated heterocycles. The molecule has 0 unspecified atom stereocenters. The molecule has 1 aliphatic carbocycles. The van der Waals surface area contributed by atoms with Crippen LogP contribution in [0.5, 0.6) is 11.5 Å². The molecule has 1 saturated carbocycles. The Bertz CT molecular complexity index is 1320. The van der Waals surface area contributed by atoms with Gasteiger partial charge in [0, 0.05) is 24.7 Å². The van der Waals surface area contributed by atoms with Crippen molar-refractivity contribution in [3.8, 4) is 11.5 Å². The first kappa shape index (κ1) is 23.1. The standard InChI is InChI=1S/C26H28FN3O5/c1-33-22-5-3-19(14-23(22)34-2)30-16-26(35-25(30)32)10-7-17(8-11-26)9-12-29-21-13-18(27)15-28-20(21)4-6-24(29)31/h3-6,13-15,17H,7-12,16H2,1-2H3. The Labute approximate surface area is 202 Å². The smallest absolute Gasteiger partial charge is 0.415 e. The molecule has 9 heteroatoms. The summed E-state index contributed by atoms with van der Waals surface area (Å²) < 4.78 is 31.9. The number of ether oxygens (including phenoxy) is 3. The van der Waals surface area contributed by atoms with Crippen LogP contribution in [0.15, 0.2) is 47.4 Å². The van der Waals surface area contributed by atoms with Crippen molar-refractivity contribution >= 4 is 22.8 Å². The van der Waals surface area contributed by atoms with E-state index in [9.17, 15) is 14.0 Å². The summed E-state index contributed by atoms with van der Waals surface area (Å²) in [6.45, 7) is 0.984. The number of hydrogen-bond acceptors (Lipinski definition) is 6. The van der Waals surface area contributed by atoms with Crippen LogP contribution in [0.25, 0.3) is 11.0 Å². The lowest BCUT2D eigenvalue weighted by Crippen LogP contribution is -2.38. The van der Waals surface area contributed by atoms with Crippen molar-refractivity contribution in [2.75, 3.05) is 25.7 Å². The van der Waals surface area contributed by atoms with E-state index in [1.807, 2.05) is 6.07 Å². The first-order valence-corrected chi connectivity index (χ1v) is 11.8. The minimum absolute atomic E-state index is 0.160. The highest BCUT2D eigenvalue weighted by Crippen LogP contribution is 2.43. The van der Waals surface area contributed by atoms with Crippen molar-refractivity contribution < 1.29 is 23.4 Å². The number of aromatic nitrogens is 2. The third-order valence-electron chi connectivity index (χ3n) is 7.23. The fraction of sp³-hybridized carbons (Fsp3) is 0.423. The maximum Gasteiger partial charge on any atom is 0.415 e. The molecule has 0 radical (unpaired) electrons. The maximum atomic E-state index is 13.7. The maximum absolute atomic E-state index is 13.7. The summed E-state index contributed by atoms with van der Waals surface area (Å²) in [6.07, 6.45) is 4.89. The van der Waals surface area contributed by atoms with E-state index in [0.29, 0.717) is 47.2 Å². The van der Waals surface area contributed by atoms with Gasteiger partial charge in [-0.3, -0.25) is 14.7 Å². The number of anilines is 1. The molecule has 1 aliphatic heterocycles. The molecule has 3 aromatic rings. The van der Waals surface area contributed by atoms with Crippen LogP contribution < -0.4 is 19.9 Å². The lowest BCUT2D eigenvalue weighted by Gasteiger charge is -2.35. The van der Waals surface area contributed by atoms with Gasteiger partial charge in [-0.25, -0.2) is 9.18 Å². The Kier molecular flexibility index (Phi) is 6.08. The van der Waals surface area contributed by atoms with Gasteiger partial charge in [-0.1, -0.05) is 0 Å². The zero-order valence-electron chi connectivity index (χ0n) is 19.8. The number of benzene rings is 1. The molecule has 8 nitrogen and oxygen atoms in total. The lowest BCUT2D eigenvalue weighted by atomic mass is 9.77. The third kappa shape index (κ3) is 4.42. The van der Waals surface area contributed by atoms with Crippen molar-refractivity contribution in [1.29, 1.82) is 0 Å². The molecule has 2 fully saturated rings. The number of aryl methyl sites for hydroxylation is 1.